The molecule has 2 atom stereocenters. The van der Waals surface area contributed by atoms with Gasteiger partial charge in [-0.2, -0.15) is 13.2 Å². The molecule has 2 fully saturated rings. The molecule has 38 heavy (non-hydrogen) atoms. The van der Waals surface area contributed by atoms with Crippen LogP contribution in [-0.2, 0) is 11.0 Å². The highest BCUT2D eigenvalue weighted by Crippen LogP contribution is 2.47. The average Bonchev–Trinajstić information content (AvgIpc) is 3.63. The highest BCUT2D eigenvalue weighted by Gasteiger charge is 2.61. The Morgan fingerprint density at radius 3 is 2.08 bits per heavy atom. The first-order valence-electron chi connectivity index (χ1n) is 12.6. The molecule has 2 aliphatic rings. The smallest absolute Gasteiger partial charge is 0.416 e. The monoisotopic (exact) mass is 531 g/mol. The molecule has 1 heterocycles. The first kappa shape index (κ1) is 27.5. The third-order valence-corrected chi connectivity index (χ3v) is 7.23. The minimum absolute atomic E-state index is 0.174. The number of hydrogen-bond acceptors (Lipinski definition) is 3. The number of alkyl halides is 3. The van der Waals surface area contributed by atoms with E-state index in [-0.39, 0.29) is 30.8 Å². The van der Waals surface area contributed by atoms with Crippen LogP contribution in [0.2, 0.25) is 0 Å². The highest BCUT2D eigenvalue weighted by molar-refractivity contribution is 5.95. The van der Waals surface area contributed by atoms with Gasteiger partial charge in [0, 0.05) is 36.2 Å². The topological polar surface area (TPSA) is 90.0 Å². The lowest BCUT2D eigenvalue weighted by molar-refractivity contribution is -0.142. The molecule has 1 aliphatic heterocycles. The summed E-state index contributed by atoms with van der Waals surface area (Å²) >= 11 is 0. The summed E-state index contributed by atoms with van der Waals surface area (Å²) < 4.78 is 39.4. The fourth-order valence-corrected chi connectivity index (χ4v) is 5.47. The number of benzene rings is 2. The van der Waals surface area contributed by atoms with E-state index in [2.05, 4.69) is 5.32 Å². The molecule has 2 aromatic rings. The van der Waals surface area contributed by atoms with Crippen LogP contribution in [-0.4, -0.2) is 63.0 Å². The normalized spacial score (nSPS) is 20.9. The quantitative estimate of drug-likeness (QED) is 0.560. The van der Waals surface area contributed by atoms with Gasteiger partial charge >= 0.3 is 12.3 Å². The maximum atomic E-state index is 13.9. The van der Waals surface area contributed by atoms with Crippen LogP contribution in [0.25, 0.3) is 0 Å². The molecule has 10 heteroatoms. The van der Waals surface area contributed by atoms with Gasteiger partial charge in [-0.05, 0) is 69.9 Å². The van der Waals surface area contributed by atoms with Crippen LogP contribution in [0.5, 0.6) is 0 Å². The van der Waals surface area contributed by atoms with E-state index < -0.39 is 35.0 Å². The molecule has 0 bridgehead atoms. The zero-order valence-electron chi connectivity index (χ0n) is 21.6. The molecule has 1 saturated carbocycles. The number of carbonyl (C=O) groups excluding carboxylic acids is 2. The molecule has 0 spiro atoms. The predicted molar refractivity (Wildman–Crippen MR) is 135 cm³/mol. The van der Waals surface area contributed by atoms with Crippen LogP contribution in [0.1, 0.15) is 67.4 Å². The molecular weight excluding hydrogens is 499 g/mol. The Balaban J connectivity index is 1.62. The number of carboxylic acid groups (broad SMARTS) is 1. The van der Waals surface area contributed by atoms with Crippen molar-refractivity contribution >= 4 is 17.9 Å². The van der Waals surface area contributed by atoms with Gasteiger partial charge in [-0.25, -0.2) is 4.79 Å². The number of nitrogens with one attached hydrogen (secondary N) is 1. The molecule has 0 radical (unpaired) electrons. The van der Waals surface area contributed by atoms with Crippen LogP contribution in [0.3, 0.4) is 0 Å². The van der Waals surface area contributed by atoms with Crippen molar-refractivity contribution in [2.75, 3.05) is 13.1 Å². The molecule has 7 nitrogen and oxygen atoms in total. The van der Waals surface area contributed by atoms with Crippen LogP contribution < -0.4 is 5.32 Å². The van der Waals surface area contributed by atoms with Crippen molar-refractivity contribution in [1.29, 1.82) is 0 Å². The predicted octanol–water partition coefficient (Wildman–Crippen LogP) is 5.13. The lowest BCUT2D eigenvalue weighted by atomic mass is 9.86. The van der Waals surface area contributed by atoms with Crippen molar-refractivity contribution in [2.45, 2.75) is 69.2 Å². The van der Waals surface area contributed by atoms with Gasteiger partial charge in [0.15, 0.2) is 0 Å². The van der Waals surface area contributed by atoms with Gasteiger partial charge in [-0.1, -0.05) is 30.3 Å². The fourth-order valence-electron chi connectivity index (χ4n) is 5.47. The number of hydrogen-bond donors (Lipinski definition) is 2. The summed E-state index contributed by atoms with van der Waals surface area (Å²) in [6, 6.07) is 13.0. The van der Waals surface area contributed by atoms with E-state index in [1.54, 1.807) is 56.0 Å². The summed E-state index contributed by atoms with van der Waals surface area (Å²) in [4.78, 5) is 41.8. The summed E-state index contributed by atoms with van der Waals surface area (Å²) in [5, 5.41) is 12.9. The van der Waals surface area contributed by atoms with Crippen molar-refractivity contribution in [2.24, 2.45) is 0 Å². The maximum absolute atomic E-state index is 13.9. The summed E-state index contributed by atoms with van der Waals surface area (Å²) in [5.74, 6) is -1.01. The summed E-state index contributed by atoms with van der Waals surface area (Å²) in [7, 11) is 0. The van der Waals surface area contributed by atoms with Gasteiger partial charge in [-0.3, -0.25) is 14.5 Å². The molecule has 204 valence electrons. The Kier molecular flexibility index (Phi) is 7.20. The van der Waals surface area contributed by atoms with Crippen molar-refractivity contribution in [3.63, 3.8) is 0 Å². The van der Waals surface area contributed by atoms with Crippen molar-refractivity contribution in [1.82, 2.24) is 15.1 Å². The second-order valence-electron chi connectivity index (χ2n) is 11.1. The van der Waals surface area contributed by atoms with E-state index in [0.717, 1.165) is 12.1 Å². The van der Waals surface area contributed by atoms with Crippen LogP contribution in [0.15, 0.2) is 54.6 Å². The van der Waals surface area contributed by atoms with Crippen LogP contribution in [0, 0.1) is 0 Å². The van der Waals surface area contributed by atoms with Crippen LogP contribution in [0.4, 0.5) is 18.0 Å². The van der Waals surface area contributed by atoms with Gasteiger partial charge in [-0.15, -0.1) is 0 Å². The second kappa shape index (κ2) is 9.96. The molecule has 4 rings (SSSR count). The van der Waals surface area contributed by atoms with Gasteiger partial charge < -0.3 is 15.3 Å². The lowest BCUT2D eigenvalue weighted by Crippen LogP contribution is -2.62. The minimum Gasteiger partial charge on any atom is -0.465 e. The Morgan fingerprint density at radius 1 is 0.974 bits per heavy atom. The summed E-state index contributed by atoms with van der Waals surface area (Å²) in [6.45, 7) is 5.59. The van der Waals surface area contributed by atoms with E-state index in [9.17, 15) is 32.7 Å². The Hall–Kier alpha value is -3.56. The number of carbonyl (C=O) groups is 3. The highest BCUT2D eigenvalue weighted by atomic mass is 19.4. The van der Waals surface area contributed by atoms with E-state index in [1.807, 2.05) is 0 Å². The molecule has 2 aromatic carbocycles. The van der Waals surface area contributed by atoms with E-state index in [4.69, 9.17) is 0 Å². The number of piperidine rings is 1. The number of likely N-dealkylation sites (tertiary alicyclic amines) is 1. The zero-order chi connectivity index (χ0) is 27.9. The average molecular weight is 532 g/mol. The molecule has 2 unspecified atom stereocenters. The Bertz CT molecular complexity index is 1190. The van der Waals surface area contributed by atoms with E-state index >= 15 is 0 Å². The molecule has 1 saturated heterocycles. The second-order valence-corrected chi connectivity index (χ2v) is 11.1. The SMILES string of the molecule is CC(C)(C)N(C(=O)O)C1(C(=O)N2CC(NC(=O)c3ccccc3)CC(c3ccc(C(F)(F)F)cc3)C2)CC1. The van der Waals surface area contributed by atoms with Gasteiger partial charge in [0.25, 0.3) is 5.91 Å². The summed E-state index contributed by atoms with van der Waals surface area (Å²) in [6.07, 6.45) is -4.46. The molecular formula is C28H32F3N3O4. The van der Waals surface area contributed by atoms with E-state index in [1.165, 1.54) is 17.0 Å². The standard InChI is InChI=1S/C28H32F3N3O4/c1-26(2,3)34(25(37)38)27(13-14-27)24(36)33-16-20(18-9-11-21(12-10-18)28(29,30)31)15-22(17-33)32-23(35)19-7-5-4-6-8-19/h4-12,20,22H,13-17H2,1-3H3,(H,32,35)(H,37,38). The third-order valence-electron chi connectivity index (χ3n) is 7.23. The molecule has 2 N–H and O–H groups in total. The Labute approximate surface area is 219 Å². The largest absolute Gasteiger partial charge is 0.465 e. The maximum Gasteiger partial charge on any atom is 0.416 e. The number of halogens is 3. The van der Waals surface area contributed by atoms with Crippen LogP contribution >= 0.6 is 0 Å². The molecule has 1 aliphatic carbocycles. The first-order valence-corrected chi connectivity index (χ1v) is 12.6. The number of rotatable bonds is 5. The number of amides is 3. The molecule has 3 amide bonds. The lowest BCUT2D eigenvalue weighted by Gasteiger charge is -2.44. The minimum atomic E-state index is -4.47. The van der Waals surface area contributed by atoms with Crippen molar-refractivity contribution in [3.05, 3.63) is 71.3 Å². The van der Waals surface area contributed by atoms with E-state index in [0.29, 0.717) is 30.4 Å². The third kappa shape index (κ3) is 5.63. The van der Waals surface area contributed by atoms with Gasteiger partial charge in [0.2, 0.25) is 5.91 Å². The Morgan fingerprint density at radius 2 is 1.58 bits per heavy atom. The van der Waals surface area contributed by atoms with Crippen molar-refractivity contribution in [3.8, 4) is 0 Å². The zero-order valence-corrected chi connectivity index (χ0v) is 21.6. The van der Waals surface area contributed by atoms with Crippen molar-refractivity contribution < 1.29 is 32.7 Å². The number of nitrogens with zero attached hydrogens (tertiary/aromatic N) is 2. The summed E-state index contributed by atoms with van der Waals surface area (Å²) in [5.41, 5.74) is -1.71. The first-order chi connectivity index (χ1) is 17.7. The van der Waals surface area contributed by atoms with Gasteiger partial charge in [0.1, 0.15) is 5.54 Å². The fraction of sp³-hybridized carbons (Fsp3) is 0.464. The van der Waals surface area contributed by atoms with Gasteiger partial charge in [0.05, 0.1) is 5.56 Å². The molecule has 0 aromatic heterocycles.